The lowest BCUT2D eigenvalue weighted by Gasteiger charge is -2.27. The average Bonchev–Trinajstić information content (AvgIpc) is 2.58. The smallest absolute Gasteiger partial charge is 0.311 e. The second-order valence-corrected chi connectivity index (χ2v) is 7.40. The summed E-state index contributed by atoms with van der Waals surface area (Å²) in [6, 6.07) is 8.57. The van der Waals surface area contributed by atoms with E-state index in [0.29, 0.717) is 12.3 Å². The molecule has 0 aromatic heterocycles. The third-order valence-corrected chi connectivity index (χ3v) is 4.65. The van der Waals surface area contributed by atoms with Crippen LogP contribution in [-0.4, -0.2) is 35.5 Å². The maximum Gasteiger partial charge on any atom is 0.311 e. The predicted octanol–water partition coefficient (Wildman–Crippen LogP) is 3.62. The molecule has 24 heavy (non-hydrogen) atoms. The van der Waals surface area contributed by atoms with Gasteiger partial charge < -0.3 is 14.9 Å². The maximum absolute atomic E-state index is 12.3. The summed E-state index contributed by atoms with van der Waals surface area (Å²) < 4.78 is 5.13. The molecule has 0 saturated carbocycles. The van der Waals surface area contributed by atoms with E-state index in [2.05, 4.69) is 45.0 Å². The third kappa shape index (κ3) is 5.91. The molecule has 3 atom stereocenters. The van der Waals surface area contributed by atoms with Gasteiger partial charge in [-0.05, 0) is 49.7 Å². The number of hydrogen-bond donors (Lipinski definition) is 2. The van der Waals surface area contributed by atoms with Gasteiger partial charge in [-0.25, -0.2) is 0 Å². The molecule has 0 radical (unpaired) electrons. The molecule has 0 amide bonds. The maximum atomic E-state index is 12.3. The highest BCUT2D eigenvalue weighted by Crippen LogP contribution is 2.33. The van der Waals surface area contributed by atoms with Crippen LogP contribution in [0.5, 0.6) is 0 Å². The first kappa shape index (κ1) is 20.7. The SMILES string of the molecule is CCC(C)c1cccc(C(C)CC(C)(C)C(=O)OCC(O)CO)c1. The normalized spacial score (nSPS) is 15.6. The van der Waals surface area contributed by atoms with E-state index in [1.165, 1.54) is 11.1 Å². The first-order chi connectivity index (χ1) is 11.2. The third-order valence-electron chi connectivity index (χ3n) is 4.65. The number of aliphatic hydroxyl groups is 2. The summed E-state index contributed by atoms with van der Waals surface area (Å²) in [6.07, 6.45) is 0.739. The molecule has 0 aliphatic rings. The van der Waals surface area contributed by atoms with Crippen LogP contribution in [0.1, 0.15) is 70.4 Å². The fourth-order valence-electron chi connectivity index (χ4n) is 2.79. The Balaban J connectivity index is 2.74. The van der Waals surface area contributed by atoms with Gasteiger partial charge in [0.05, 0.1) is 12.0 Å². The van der Waals surface area contributed by atoms with Crippen molar-refractivity contribution in [2.24, 2.45) is 5.41 Å². The molecule has 4 heteroatoms. The number of hydrogen-bond acceptors (Lipinski definition) is 4. The lowest BCUT2D eigenvalue weighted by Crippen LogP contribution is -2.31. The Morgan fingerprint density at radius 3 is 2.33 bits per heavy atom. The molecule has 0 fully saturated rings. The zero-order valence-corrected chi connectivity index (χ0v) is 15.6. The Labute approximate surface area is 145 Å². The molecule has 1 aromatic rings. The number of carbonyl (C=O) groups excluding carboxylic acids is 1. The van der Waals surface area contributed by atoms with Crippen molar-refractivity contribution >= 4 is 5.97 Å². The highest BCUT2D eigenvalue weighted by atomic mass is 16.5. The number of esters is 1. The minimum absolute atomic E-state index is 0.170. The Morgan fingerprint density at radius 2 is 1.79 bits per heavy atom. The van der Waals surface area contributed by atoms with Gasteiger partial charge >= 0.3 is 5.97 Å². The fourth-order valence-corrected chi connectivity index (χ4v) is 2.79. The Hall–Kier alpha value is -1.39. The van der Waals surface area contributed by atoms with E-state index in [0.717, 1.165) is 6.42 Å². The summed E-state index contributed by atoms with van der Waals surface area (Å²) in [4.78, 5) is 12.3. The van der Waals surface area contributed by atoms with Crippen LogP contribution in [0.3, 0.4) is 0 Å². The highest BCUT2D eigenvalue weighted by Gasteiger charge is 2.32. The molecular formula is C20H32O4. The standard InChI is InChI=1S/C20H32O4/c1-6-14(2)16-8-7-9-17(10-16)15(3)11-20(4,5)19(23)24-13-18(22)12-21/h7-10,14-15,18,21-22H,6,11-13H2,1-5H3. The van der Waals surface area contributed by atoms with Crippen molar-refractivity contribution in [2.75, 3.05) is 13.2 Å². The monoisotopic (exact) mass is 336 g/mol. The number of benzene rings is 1. The van der Waals surface area contributed by atoms with E-state index in [9.17, 15) is 9.90 Å². The summed E-state index contributed by atoms with van der Waals surface area (Å²) in [5, 5.41) is 18.1. The van der Waals surface area contributed by atoms with E-state index in [1.54, 1.807) is 0 Å². The lowest BCUT2D eigenvalue weighted by atomic mass is 9.80. The minimum atomic E-state index is -1.02. The Morgan fingerprint density at radius 1 is 1.21 bits per heavy atom. The van der Waals surface area contributed by atoms with Gasteiger partial charge in [0, 0.05) is 0 Å². The molecule has 136 valence electrons. The number of carbonyl (C=O) groups is 1. The Bertz CT molecular complexity index is 524. The van der Waals surface area contributed by atoms with Crippen LogP contribution in [0.25, 0.3) is 0 Å². The largest absolute Gasteiger partial charge is 0.462 e. The Kier molecular flexibility index (Phi) is 7.91. The second kappa shape index (κ2) is 9.19. The molecular weight excluding hydrogens is 304 g/mol. The van der Waals surface area contributed by atoms with Crippen molar-refractivity contribution in [3.8, 4) is 0 Å². The van der Waals surface area contributed by atoms with Gasteiger partial charge in [0.15, 0.2) is 0 Å². The fraction of sp³-hybridized carbons (Fsp3) is 0.650. The van der Waals surface area contributed by atoms with Crippen LogP contribution in [0.2, 0.25) is 0 Å². The zero-order chi connectivity index (χ0) is 18.3. The molecule has 0 aliphatic heterocycles. The summed E-state index contributed by atoms with van der Waals surface area (Å²) in [5.74, 6) is 0.398. The molecule has 3 unspecified atom stereocenters. The van der Waals surface area contributed by atoms with Gasteiger partial charge in [-0.15, -0.1) is 0 Å². The molecule has 2 N–H and O–H groups in total. The number of ether oxygens (including phenoxy) is 1. The number of aliphatic hydroxyl groups excluding tert-OH is 2. The van der Waals surface area contributed by atoms with E-state index in [4.69, 9.17) is 9.84 Å². The van der Waals surface area contributed by atoms with E-state index in [1.807, 2.05) is 13.8 Å². The van der Waals surface area contributed by atoms with Gasteiger partial charge in [-0.2, -0.15) is 0 Å². The summed E-state index contributed by atoms with van der Waals surface area (Å²) in [6.45, 7) is 9.65. The molecule has 0 aliphatic carbocycles. The van der Waals surface area contributed by atoms with Crippen molar-refractivity contribution in [1.82, 2.24) is 0 Å². The molecule has 0 spiro atoms. The summed E-state index contributed by atoms with van der Waals surface area (Å²) in [5.41, 5.74) is 1.90. The molecule has 0 bridgehead atoms. The lowest BCUT2D eigenvalue weighted by molar-refractivity contribution is -0.158. The van der Waals surface area contributed by atoms with E-state index >= 15 is 0 Å². The van der Waals surface area contributed by atoms with Crippen molar-refractivity contribution in [3.63, 3.8) is 0 Å². The quantitative estimate of drug-likeness (QED) is 0.676. The first-order valence-electron chi connectivity index (χ1n) is 8.77. The van der Waals surface area contributed by atoms with Gasteiger partial charge in [-0.1, -0.05) is 45.0 Å². The van der Waals surface area contributed by atoms with Gasteiger partial charge in [-0.3, -0.25) is 4.79 Å². The van der Waals surface area contributed by atoms with Crippen molar-refractivity contribution in [2.45, 2.75) is 65.4 Å². The van der Waals surface area contributed by atoms with Crippen molar-refractivity contribution in [3.05, 3.63) is 35.4 Å². The van der Waals surface area contributed by atoms with Gasteiger partial charge in [0.25, 0.3) is 0 Å². The number of rotatable bonds is 9. The molecule has 1 rings (SSSR count). The predicted molar refractivity (Wildman–Crippen MR) is 96.0 cm³/mol. The van der Waals surface area contributed by atoms with Crippen molar-refractivity contribution in [1.29, 1.82) is 0 Å². The average molecular weight is 336 g/mol. The first-order valence-corrected chi connectivity index (χ1v) is 8.77. The molecule has 0 saturated heterocycles. The van der Waals surface area contributed by atoms with Gasteiger partial charge in [0.1, 0.15) is 12.7 Å². The minimum Gasteiger partial charge on any atom is -0.462 e. The molecule has 1 aromatic carbocycles. The van der Waals surface area contributed by atoms with Crippen molar-refractivity contribution < 1.29 is 19.7 Å². The topological polar surface area (TPSA) is 66.8 Å². The zero-order valence-electron chi connectivity index (χ0n) is 15.6. The van der Waals surface area contributed by atoms with Crippen LogP contribution < -0.4 is 0 Å². The highest BCUT2D eigenvalue weighted by molar-refractivity contribution is 5.76. The van der Waals surface area contributed by atoms with E-state index in [-0.39, 0.29) is 18.5 Å². The van der Waals surface area contributed by atoms with Crippen LogP contribution in [-0.2, 0) is 9.53 Å². The van der Waals surface area contributed by atoms with Gasteiger partial charge in [0.2, 0.25) is 0 Å². The van der Waals surface area contributed by atoms with Crippen LogP contribution in [0, 0.1) is 5.41 Å². The van der Waals surface area contributed by atoms with Crippen LogP contribution in [0.4, 0.5) is 0 Å². The van der Waals surface area contributed by atoms with Crippen LogP contribution in [0.15, 0.2) is 24.3 Å². The summed E-state index contributed by atoms with van der Waals surface area (Å²) in [7, 11) is 0. The van der Waals surface area contributed by atoms with E-state index < -0.39 is 18.1 Å². The molecule has 4 nitrogen and oxygen atoms in total. The van der Waals surface area contributed by atoms with Crippen LogP contribution >= 0.6 is 0 Å². The second-order valence-electron chi connectivity index (χ2n) is 7.40. The molecule has 0 heterocycles. The summed E-state index contributed by atoms with van der Waals surface area (Å²) >= 11 is 0.